The van der Waals surface area contributed by atoms with Crippen LogP contribution in [0.3, 0.4) is 0 Å². The molecule has 0 amide bonds. The van der Waals surface area contributed by atoms with Crippen LogP contribution < -0.4 is 0 Å². The van der Waals surface area contributed by atoms with Crippen molar-refractivity contribution in [3.05, 3.63) is 6.92 Å². The molecule has 0 aliphatic carbocycles. The molecular weight excluding hydrogens is 384 g/mol. The summed E-state index contributed by atoms with van der Waals surface area (Å²) >= 11 is 10.6. The van der Waals surface area contributed by atoms with E-state index in [1.165, 1.54) is 51.4 Å². The van der Waals surface area contributed by atoms with Gasteiger partial charge in [-0.2, -0.15) is 0 Å². The zero-order valence-corrected chi connectivity index (χ0v) is 14.2. The fourth-order valence-corrected chi connectivity index (χ4v) is 2.40. The first-order valence-electron chi connectivity index (χ1n) is 5.92. The predicted molar refractivity (Wildman–Crippen MR) is 81.0 cm³/mol. The second-order valence-electron chi connectivity index (χ2n) is 4.05. The molecule has 0 N–H and O–H groups in total. The lowest BCUT2D eigenvalue weighted by atomic mass is 10.1. The molecule has 0 saturated carbocycles. The van der Waals surface area contributed by atoms with E-state index < -0.39 is 0 Å². The van der Waals surface area contributed by atoms with Crippen molar-refractivity contribution < 1.29 is 0 Å². The van der Waals surface area contributed by atoms with E-state index in [0.717, 1.165) is 12.8 Å². The smallest absolute Gasteiger partial charge is 0.0599 e. The van der Waals surface area contributed by atoms with Crippen LogP contribution in [0.1, 0.15) is 64.2 Å². The first-order chi connectivity index (χ1) is 7.06. The van der Waals surface area contributed by atoms with Gasteiger partial charge in [0.2, 0.25) is 0 Å². The highest BCUT2D eigenvalue weighted by molar-refractivity contribution is 9.39. The molecule has 0 aromatic carbocycles. The molecule has 0 aromatic heterocycles. The Kier molecular flexibility index (Phi) is 11.6. The Hall–Kier alpha value is 1.44. The summed E-state index contributed by atoms with van der Waals surface area (Å²) in [5, 5.41) is 0. The van der Waals surface area contributed by atoms with Crippen LogP contribution >= 0.6 is 47.8 Å². The van der Waals surface area contributed by atoms with E-state index >= 15 is 0 Å². The lowest BCUT2D eigenvalue weighted by Crippen LogP contribution is -1.98. The highest BCUT2D eigenvalue weighted by atomic mass is 80.0. The Morgan fingerprint density at radius 2 is 1.07 bits per heavy atom. The minimum absolute atomic E-state index is 0.0267. The summed E-state index contributed by atoms with van der Waals surface area (Å²) in [5.41, 5.74) is 0. The molecule has 0 aliphatic rings. The second-order valence-corrected chi connectivity index (χ2v) is 11.3. The number of hydrogen-bond donors (Lipinski definition) is 0. The van der Waals surface area contributed by atoms with Gasteiger partial charge in [-0.05, 0) is 6.42 Å². The van der Waals surface area contributed by atoms with Crippen LogP contribution in [0.15, 0.2) is 0 Å². The summed E-state index contributed by atoms with van der Waals surface area (Å²) in [6, 6.07) is 0. The van der Waals surface area contributed by atoms with Crippen LogP contribution in [0.4, 0.5) is 0 Å². The van der Waals surface area contributed by atoms with Crippen molar-refractivity contribution in [3.8, 4) is 0 Å². The van der Waals surface area contributed by atoms with E-state index in [1.54, 1.807) is 0 Å². The van der Waals surface area contributed by atoms with Crippen LogP contribution in [0.5, 0.6) is 0 Å². The molecular formula is C12H22Br3. The summed E-state index contributed by atoms with van der Waals surface area (Å²) < 4.78 is -0.0267. The zero-order valence-electron chi connectivity index (χ0n) is 9.41. The van der Waals surface area contributed by atoms with Crippen LogP contribution in [-0.2, 0) is 0 Å². The fraction of sp³-hybridized carbons (Fsp3) is 0.917. The van der Waals surface area contributed by atoms with Crippen molar-refractivity contribution in [3.63, 3.8) is 0 Å². The maximum Gasteiger partial charge on any atom is 0.135 e. The molecule has 0 saturated heterocycles. The summed E-state index contributed by atoms with van der Waals surface area (Å²) in [6.07, 6.45) is 13.1. The van der Waals surface area contributed by atoms with Gasteiger partial charge in [-0.25, -0.2) is 0 Å². The molecule has 3 heteroatoms. The lowest BCUT2D eigenvalue weighted by Gasteiger charge is -2.10. The molecule has 0 aromatic rings. The largest absolute Gasteiger partial charge is 0.135 e. The fourth-order valence-electron chi connectivity index (χ4n) is 1.56. The molecule has 1 radical (unpaired) electrons. The van der Waals surface area contributed by atoms with Gasteiger partial charge < -0.3 is 0 Å². The van der Waals surface area contributed by atoms with E-state index in [4.69, 9.17) is 0 Å². The standard InChI is InChI=1S/C12H22Br3/c1-2-3-4-5-6-7-8-9-10-11-12(13,14)15/h1-11H2. The van der Waals surface area contributed by atoms with Crippen LogP contribution in [0.2, 0.25) is 0 Å². The minimum Gasteiger partial charge on any atom is -0.0599 e. The summed E-state index contributed by atoms with van der Waals surface area (Å²) in [4.78, 5) is 0. The maximum atomic E-state index is 3.85. The maximum absolute atomic E-state index is 3.85. The molecule has 91 valence electrons. The van der Waals surface area contributed by atoms with Crippen molar-refractivity contribution in [1.29, 1.82) is 0 Å². The van der Waals surface area contributed by atoms with Gasteiger partial charge in [0.25, 0.3) is 0 Å². The Morgan fingerprint density at radius 1 is 0.667 bits per heavy atom. The molecule has 0 spiro atoms. The van der Waals surface area contributed by atoms with Crippen LogP contribution in [0, 0.1) is 6.92 Å². The summed E-state index contributed by atoms with van der Waals surface area (Å²) in [5.74, 6) is 0. The number of alkyl halides is 3. The van der Waals surface area contributed by atoms with Crippen LogP contribution in [-0.4, -0.2) is 2.14 Å². The van der Waals surface area contributed by atoms with Crippen molar-refractivity contribution in [1.82, 2.24) is 0 Å². The normalized spacial score (nSPS) is 12.0. The molecule has 0 aliphatic heterocycles. The molecule has 0 bridgehead atoms. The Bertz CT molecular complexity index is 129. The summed E-state index contributed by atoms with van der Waals surface area (Å²) in [6.45, 7) is 3.85. The van der Waals surface area contributed by atoms with E-state index in [0.29, 0.717) is 0 Å². The summed E-state index contributed by atoms with van der Waals surface area (Å²) in [7, 11) is 0. The average Bonchev–Trinajstić information content (AvgIpc) is 2.14. The van der Waals surface area contributed by atoms with Crippen LogP contribution in [0.25, 0.3) is 0 Å². The van der Waals surface area contributed by atoms with Gasteiger partial charge in [0.1, 0.15) is 2.14 Å². The number of halogens is 3. The van der Waals surface area contributed by atoms with E-state index in [2.05, 4.69) is 54.7 Å². The number of unbranched alkanes of at least 4 members (excludes halogenated alkanes) is 8. The van der Waals surface area contributed by atoms with E-state index in [9.17, 15) is 0 Å². The first-order valence-corrected chi connectivity index (χ1v) is 8.30. The lowest BCUT2D eigenvalue weighted by molar-refractivity contribution is 0.565. The molecule has 0 heterocycles. The monoisotopic (exact) mass is 403 g/mol. The minimum atomic E-state index is -0.0267. The highest BCUT2D eigenvalue weighted by Crippen LogP contribution is 2.38. The van der Waals surface area contributed by atoms with Crippen molar-refractivity contribution in [2.24, 2.45) is 0 Å². The molecule has 0 atom stereocenters. The van der Waals surface area contributed by atoms with Gasteiger partial charge >= 0.3 is 0 Å². The SMILES string of the molecule is [CH2]CCCCCCCCCCC(Br)(Br)Br. The number of hydrogen-bond acceptors (Lipinski definition) is 0. The van der Waals surface area contributed by atoms with Gasteiger partial charge in [-0.15, -0.1) is 0 Å². The third-order valence-electron chi connectivity index (χ3n) is 2.46. The average molecular weight is 406 g/mol. The van der Waals surface area contributed by atoms with Gasteiger partial charge in [0.15, 0.2) is 0 Å². The predicted octanol–water partition coefficient (Wildman–Crippen LogP) is 6.56. The highest BCUT2D eigenvalue weighted by Gasteiger charge is 2.15. The van der Waals surface area contributed by atoms with Crippen molar-refractivity contribution >= 4 is 47.8 Å². The molecule has 15 heavy (non-hydrogen) atoms. The van der Waals surface area contributed by atoms with Gasteiger partial charge in [-0.3, -0.25) is 0 Å². The second kappa shape index (κ2) is 10.6. The third kappa shape index (κ3) is 15.4. The van der Waals surface area contributed by atoms with Gasteiger partial charge in [0, 0.05) is 0 Å². The Labute approximate surface area is 120 Å². The van der Waals surface area contributed by atoms with Gasteiger partial charge in [-0.1, -0.05) is 113 Å². The van der Waals surface area contributed by atoms with E-state index in [1.807, 2.05) is 0 Å². The number of rotatable bonds is 9. The van der Waals surface area contributed by atoms with Crippen molar-refractivity contribution in [2.45, 2.75) is 66.4 Å². The molecule has 0 unspecified atom stereocenters. The molecule has 0 nitrogen and oxygen atoms in total. The van der Waals surface area contributed by atoms with Crippen molar-refractivity contribution in [2.75, 3.05) is 0 Å². The Morgan fingerprint density at radius 3 is 1.47 bits per heavy atom. The quantitative estimate of drug-likeness (QED) is 0.301. The zero-order chi connectivity index (χ0) is 11.6. The van der Waals surface area contributed by atoms with E-state index in [-0.39, 0.29) is 2.14 Å². The Balaban J connectivity index is 2.99. The molecule has 0 fully saturated rings. The third-order valence-corrected chi connectivity index (χ3v) is 3.65. The van der Waals surface area contributed by atoms with Gasteiger partial charge in [0.05, 0.1) is 0 Å². The molecule has 0 rings (SSSR count). The first kappa shape index (κ1) is 16.4. The topological polar surface area (TPSA) is 0 Å².